The van der Waals surface area contributed by atoms with E-state index in [-0.39, 0.29) is 11.0 Å². The fourth-order valence-electron chi connectivity index (χ4n) is 1.49. The number of rotatable bonds is 4. The molecule has 3 N–H and O–H groups in total. The maximum atomic E-state index is 12.6. The molecule has 0 aromatic rings. The molecule has 17 heavy (non-hydrogen) atoms. The van der Waals surface area contributed by atoms with Crippen molar-refractivity contribution in [3.05, 3.63) is 0 Å². The molecule has 4 nitrogen and oxygen atoms in total. The molecule has 1 fully saturated rings. The van der Waals surface area contributed by atoms with Crippen molar-refractivity contribution in [1.82, 2.24) is 0 Å². The van der Waals surface area contributed by atoms with Crippen LogP contribution in [-0.4, -0.2) is 41.4 Å². The van der Waals surface area contributed by atoms with Gasteiger partial charge in [0, 0.05) is 24.2 Å². The lowest BCUT2D eigenvalue weighted by atomic mass is 10.1. The number of halogens is 3. The number of nitrogens with zero attached hydrogens (tertiary/aromatic N) is 1. The number of hydrogen-bond donors (Lipinski definition) is 2. The molecule has 1 saturated heterocycles. The summed E-state index contributed by atoms with van der Waals surface area (Å²) < 4.78 is 42.9. The van der Waals surface area contributed by atoms with Crippen molar-refractivity contribution in [3.8, 4) is 0 Å². The summed E-state index contributed by atoms with van der Waals surface area (Å²) in [5, 5.41) is 10.9. The Morgan fingerprint density at radius 2 is 2.06 bits per heavy atom. The monoisotopic (exact) mass is 272 g/mol. The standard InChI is InChI=1S/C9H15F3N2O2S/c10-9(11,12)7(8(13)14-15)5-17-6-1-3-16-4-2-6/h6-7,15H,1-5H2,(H2,13,14). The van der Waals surface area contributed by atoms with Crippen molar-refractivity contribution in [1.29, 1.82) is 0 Å². The van der Waals surface area contributed by atoms with Crippen LogP contribution in [0.5, 0.6) is 0 Å². The summed E-state index contributed by atoms with van der Waals surface area (Å²) in [6.07, 6.45) is -2.99. The van der Waals surface area contributed by atoms with Gasteiger partial charge in [-0.25, -0.2) is 0 Å². The molecule has 1 atom stereocenters. The average Bonchev–Trinajstić information content (AvgIpc) is 2.28. The van der Waals surface area contributed by atoms with E-state index in [0.29, 0.717) is 13.2 Å². The van der Waals surface area contributed by atoms with E-state index in [1.807, 2.05) is 0 Å². The Bertz CT molecular complexity index is 267. The van der Waals surface area contributed by atoms with Crippen LogP contribution in [-0.2, 0) is 4.74 Å². The van der Waals surface area contributed by atoms with Crippen molar-refractivity contribution in [2.45, 2.75) is 24.3 Å². The Labute approximate surface area is 101 Å². The van der Waals surface area contributed by atoms with Crippen LogP contribution in [0.15, 0.2) is 5.16 Å². The van der Waals surface area contributed by atoms with Gasteiger partial charge in [-0.3, -0.25) is 0 Å². The fourth-order valence-corrected chi connectivity index (χ4v) is 2.84. The lowest BCUT2D eigenvalue weighted by Gasteiger charge is -2.24. The molecule has 0 amide bonds. The molecular weight excluding hydrogens is 257 g/mol. The molecule has 100 valence electrons. The predicted molar refractivity (Wildman–Crippen MR) is 59.3 cm³/mol. The molecular formula is C9H15F3N2O2S. The minimum atomic E-state index is -4.48. The fraction of sp³-hybridized carbons (Fsp3) is 0.889. The molecule has 1 aliphatic heterocycles. The van der Waals surface area contributed by atoms with Gasteiger partial charge in [-0.05, 0) is 12.8 Å². The molecule has 0 bridgehead atoms. The van der Waals surface area contributed by atoms with Gasteiger partial charge in [0.25, 0.3) is 0 Å². The zero-order chi connectivity index (χ0) is 12.9. The molecule has 0 aromatic carbocycles. The summed E-state index contributed by atoms with van der Waals surface area (Å²) in [6.45, 7) is 1.16. The van der Waals surface area contributed by atoms with Crippen LogP contribution >= 0.6 is 11.8 Å². The van der Waals surface area contributed by atoms with E-state index in [2.05, 4.69) is 5.16 Å². The second kappa shape index (κ2) is 6.34. The van der Waals surface area contributed by atoms with Gasteiger partial charge < -0.3 is 15.7 Å². The smallest absolute Gasteiger partial charge is 0.399 e. The molecule has 0 aliphatic carbocycles. The summed E-state index contributed by atoms with van der Waals surface area (Å²) in [6, 6.07) is 0. The van der Waals surface area contributed by atoms with Crippen LogP contribution in [0.1, 0.15) is 12.8 Å². The van der Waals surface area contributed by atoms with Gasteiger partial charge >= 0.3 is 6.18 Å². The molecule has 1 heterocycles. The van der Waals surface area contributed by atoms with Gasteiger partial charge in [0.05, 0.1) is 0 Å². The first-order valence-electron chi connectivity index (χ1n) is 5.18. The van der Waals surface area contributed by atoms with Gasteiger partial charge in [-0.1, -0.05) is 5.16 Å². The number of hydrogen-bond acceptors (Lipinski definition) is 4. The third-order valence-corrected chi connectivity index (χ3v) is 4.00. The van der Waals surface area contributed by atoms with Gasteiger partial charge in [0.15, 0.2) is 5.84 Å². The SMILES string of the molecule is NC(=NO)C(CSC1CCOCC1)C(F)(F)F. The lowest BCUT2D eigenvalue weighted by Crippen LogP contribution is -2.38. The highest BCUT2D eigenvalue weighted by atomic mass is 32.2. The zero-order valence-electron chi connectivity index (χ0n) is 9.11. The van der Waals surface area contributed by atoms with E-state index in [4.69, 9.17) is 15.7 Å². The Morgan fingerprint density at radius 3 is 2.53 bits per heavy atom. The number of alkyl halides is 3. The van der Waals surface area contributed by atoms with Crippen molar-refractivity contribution >= 4 is 17.6 Å². The van der Waals surface area contributed by atoms with E-state index < -0.39 is 17.9 Å². The van der Waals surface area contributed by atoms with Crippen LogP contribution in [0, 0.1) is 5.92 Å². The highest BCUT2D eigenvalue weighted by molar-refractivity contribution is 7.99. The van der Waals surface area contributed by atoms with Gasteiger partial charge in [0.2, 0.25) is 0 Å². The minimum absolute atomic E-state index is 0.153. The van der Waals surface area contributed by atoms with E-state index >= 15 is 0 Å². The number of ether oxygens (including phenoxy) is 1. The first-order chi connectivity index (χ1) is 7.95. The lowest BCUT2D eigenvalue weighted by molar-refractivity contribution is -0.150. The van der Waals surface area contributed by atoms with Crippen molar-refractivity contribution in [2.24, 2.45) is 16.8 Å². The van der Waals surface area contributed by atoms with E-state index in [1.54, 1.807) is 0 Å². The van der Waals surface area contributed by atoms with Crippen LogP contribution in [0.25, 0.3) is 0 Å². The van der Waals surface area contributed by atoms with Gasteiger partial charge in [-0.15, -0.1) is 0 Å². The molecule has 0 aromatic heterocycles. The number of thioether (sulfide) groups is 1. The molecule has 8 heteroatoms. The third kappa shape index (κ3) is 4.63. The summed E-state index contributed by atoms with van der Waals surface area (Å²) >= 11 is 1.20. The van der Waals surface area contributed by atoms with E-state index in [0.717, 1.165) is 12.8 Å². The topological polar surface area (TPSA) is 67.8 Å². The predicted octanol–water partition coefficient (Wildman–Crippen LogP) is 1.82. The maximum Gasteiger partial charge on any atom is 0.399 e. The van der Waals surface area contributed by atoms with Crippen molar-refractivity contribution < 1.29 is 23.1 Å². The van der Waals surface area contributed by atoms with Crippen LogP contribution in [0.3, 0.4) is 0 Å². The zero-order valence-corrected chi connectivity index (χ0v) is 9.93. The second-order valence-electron chi connectivity index (χ2n) is 3.76. The number of amidine groups is 1. The number of oxime groups is 1. The highest BCUT2D eigenvalue weighted by Gasteiger charge is 2.43. The Morgan fingerprint density at radius 1 is 1.47 bits per heavy atom. The average molecular weight is 272 g/mol. The summed E-state index contributed by atoms with van der Waals surface area (Å²) in [4.78, 5) is 0. The van der Waals surface area contributed by atoms with Crippen molar-refractivity contribution in [3.63, 3.8) is 0 Å². The normalized spacial score (nSPS) is 21.5. The molecule has 0 saturated carbocycles. The summed E-state index contributed by atoms with van der Waals surface area (Å²) in [5.74, 6) is -2.89. The summed E-state index contributed by atoms with van der Waals surface area (Å²) in [5.41, 5.74) is 5.06. The van der Waals surface area contributed by atoms with Crippen LogP contribution in [0.2, 0.25) is 0 Å². The molecule has 1 aliphatic rings. The molecule has 0 radical (unpaired) electrons. The molecule has 1 rings (SSSR count). The largest absolute Gasteiger partial charge is 0.409 e. The summed E-state index contributed by atoms with van der Waals surface area (Å²) in [7, 11) is 0. The quantitative estimate of drug-likeness (QED) is 0.354. The van der Waals surface area contributed by atoms with Crippen molar-refractivity contribution in [2.75, 3.05) is 19.0 Å². The number of nitrogens with two attached hydrogens (primary N) is 1. The first-order valence-corrected chi connectivity index (χ1v) is 6.23. The Balaban J connectivity index is 2.49. The van der Waals surface area contributed by atoms with Crippen LogP contribution < -0.4 is 5.73 Å². The maximum absolute atomic E-state index is 12.6. The Kier molecular flexibility index (Phi) is 5.38. The van der Waals surface area contributed by atoms with Crippen LogP contribution in [0.4, 0.5) is 13.2 Å². The second-order valence-corrected chi connectivity index (χ2v) is 5.10. The molecule has 1 unspecified atom stereocenters. The van der Waals surface area contributed by atoms with E-state index in [9.17, 15) is 13.2 Å². The van der Waals surface area contributed by atoms with Gasteiger partial charge in [-0.2, -0.15) is 24.9 Å². The molecule has 0 spiro atoms. The highest BCUT2D eigenvalue weighted by Crippen LogP contribution is 2.32. The Hall–Kier alpha value is -0.630. The first kappa shape index (κ1) is 14.4. The minimum Gasteiger partial charge on any atom is -0.409 e. The van der Waals surface area contributed by atoms with Gasteiger partial charge in [0.1, 0.15) is 5.92 Å². The van der Waals surface area contributed by atoms with E-state index in [1.165, 1.54) is 11.8 Å². The third-order valence-electron chi connectivity index (χ3n) is 2.53.